The van der Waals surface area contributed by atoms with E-state index in [9.17, 15) is 9.18 Å². The summed E-state index contributed by atoms with van der Waals surface area (Å²) in [6.45, 7) is -0.649. The van der Waals surface area contributed by atoms with Crippen LogP contribution < -0.4 is 4.74 Å². The largest absolute Gasteiger partial charge is 0.490 e. The van der Waals surface area contributed by atoms with Crippen LogP contribution in [0.5, 0.6) is 5.75 Å². The fourth-order valence-corrected chi connectivity index (χ4v) is 1.02. The summed E-state index contributed by atoms with van der Waals surface area (Å²) in [4.78, 5) is 11.2. The van der Waals surface area contributed by atoms with E-state index in [1.54, 1.807) is 24.3 Å². The first-order valence-corrected chi connectivity index (χ1v) is 4.15. The molecule has 0 unspecified atom stereocenters. The second-order valence-electron chi connectivity index (χ2n) is 2.53. The second kappa shape index (κ2) is 5.21. The summed E-state index contributed by atoms with van der Waals surface area (Å²) in [7, 11) is 1.29. The number of ether oxygens (including phenoxy) is 2. The van der Waals surface area contributed by atoms with Crippen molar-refractivity contribution in [2.45, 2.75) is 0 Å². The number of esters is 1. The molecule has 0 saturated carbocycles. The van der Waals surface area contributed by atoms with Crippen molar-refractivity contribution in [1.29, 1.82) is 0 Å². The first-order valence-electron chi connectivity index (χ1n) is 4.15. The molecule has 0 radical (unpaired) electrons. The number of halogens is 1. The SMILES string of the molecule is COC(=O)c1ccccc1OCCF. The number of benzene rings is 1. The normalized spacial score (nSPS) is 9.57. The minimum absolute atomic E-state index is 0.0615. The maximum atomic E-state index is 11.9. The molecule has 14 heavy (non-hydrogen) atoms. The molecule has 0 spiro atoms. The molecular weight excluding hydrogens is 187 g/mol. The molecule has 1 rings (SSSR count). The van der Waals surface area contributed by atoms with Crippen molar-refractivity contribution in [2.75, 3.05) is 20.4 Å². The van der Waals surface area contributed by atoms with E-state index < -0.39 is 12.6 Å². The Balaban J connectivity index is 2.85. The summed E-state index contributed by atoms with van der Waals surface area (Å²) in [6, 6.07) is 6.57. The van der Waals surface area contributed by atoms with E-state index in [2.05, 4.69) is 4.74 Å². The number of carbonyl (C=O) groups excluding carboxylic acids is 1. The van der Waals surface area contributed by atoms with Crippen molar-refractivity contribution in [3.8, 4) is 5.75 Å². The molecule has 0 atom stereocenters. The van der Waals surface area contributed by atoms with Crippen molar-refractivity contribution in [2.24, 2.45) is 0 Å². The van der Waals surface area contributed by atoms with Crippen LogP contribution in [0, 0.1) is 0 Å². The molecule has 0 saturated heterocycles. The third-order valence-electron chi connectivity index (χ3n) is 1.63. The van der Waals surface area contributed by atoms with Crippen LogP contribution in [0.25, 0.3) is 0 Å². The Morgan fingerprint density at radius 1 is 1.43 bits per heavy atom. The predicted molar refractivity (Wildman–Crippen MR) is 49.3 cm³/mol. The average molecular weight is 198 g/mol. The summed E-state index contributed by atoms with van der Waals surface area (Å²) in [5.74, 6) is -0.142. The second-order valence-corrected chi connectivity index (χ2v) is 2.53. The van der Waals surface area contributed by atoms with E-state index in [1.165, 1.54) is 7.11 Å². The molecule has 0 aliphatic heterocycles. The molecule has 0 fully saturated rings. The van der Waals surface area contributed by atoms with Gasteiger partial charge in [-0.15, -0.1) is 0 Å². The van der Waals surface area contributed by atoms with Crippen LogP contribution in [0.1, 0.15) is 10.4 Å². The van der Waals surface area contributed by atoms with Crippen molar-refractivity contribution in [3.63, 3.8) is 0 Å². The van der Waals surface area contributed by atoms with Crippen LogP contribution in [0.4, 0.5) is 4.39 Å². The highest BCUT2D eigenvalue weighted by molar-refractivity contribution is 5.92. The van der Waals surface area contributed by atoms with Gasteiger partial charge in [0.2, 0.25) is 0 Å². The van der Waals surface area contributed by atoms with Gasteiger partial charge in [0.1, 0.15) is 24.6 Å². The highest BCUT2D eigenvalue weighted by Crippen LogP contribution is 2.18. The zero-order valence-electron chi connectivity index (χ0n) is 7.83. The average Bonchev–Trinajstić information content (AvgIpc) is 2.25. The van der Waals surface area contributed by atoms with Gasteiger partial charge in [0, 0.05) is 0 Å². The third-order valence-corrected chi connectivity index (χ3v) is 1.63. The monoisotopic (exact) mass is 198 g/mol. The van der Waals surface area contributed by atoms with Crippen LogP contribution in [-0.4, -0.2) is 26.4 Å². The van der Waals surface area contributed by atoms with Gasteiger partial charge in [-0.25, -0.2) is 9.18 Å². The Morgan fingerprint density at radius 3 is 2.79 bits per heavy atom. The van der Waals surface area contributed by atoms with Crippen molar-refractivity contribution < 1.29 is 18.7 Å². The van der Waals surface area contributed by atoms with Gasteiger partial charge in [0.15, 0.2) is 0 Å². The van der Waals surface area contributed by atoms with Gasteiger partial charge in [-0.3, -0.25) is 0 Å². The summed E-state index contributed by atoms with van der Waals surface area (Å²) in [6.07, 6.45) is 0. The molecule has 1 aromatic carbocycles. The quantitative estimate of drug-likeness (QED) is 0.692. The molecule has 0 bridgehead atoms. The van der Waals surface area contributed by atoms with Gasteiger partial charge >= 0.3 is 5.97 Å². The van der Waals surface area contributed by atoms with Crippen molar-refractivity contribution in [3.05, 3.63) is 29.8 Å². The maximum absolute atomic E-state index is 11.9. The summed E-state index contributed by atoms with van der Waals surface area (Å²) >= 11 is 0. The van der Waals surface area contributed by atoms with Gasteiger partial charge < -0.3 is 9.47 Å². The minimum atomic E-state index is -0.588. The zero-order chi connectivity index (χ0) is 10.4. The van der Waals surface area contributed by atoms with E-state index in [0.717, 1.165) is 0 Å². The molecule has 0 aliphatic rings. The van der Waals surface area contributed by atoms with E-state index in [0.29, 0.717) is 11.3 Å². The number of methoxy groups -OCH3 is 1. The molecule has 0 heterocycles. The fourth-order valence-electron chi connectivity index (χ4n) is 1.02. The van der Waals surface area contributed by atoms with Gasteiger partial charge in [0.05, 0.1) is 7.11 Å². The number of para-hydroxylation sites is 1. The summed E-state index contributed by atoms with van der Waals surface area (Å²) < 4.78 is 21.4. The van der Waals surface area contributed by atoms with Crippen LogP contribution in [-0.2, 0) is 4.74 Å². The van der Waals surface area contributed by atoms with Crippen molar-refractivity contribution in [1.82, 2.24) is 0 Å². The van der Waals surface area contributed by atoms with Gasteiger partial charge in [0.25, 0.3) is 0 Å². The first-order chi connectivity index (χ1) is 6.79. The molecule has 0 N–H and O–H groups in total. The molecule has 1 aromatic rings. The zero-order valence-corrected chi connectivity index (χ0v) is 7.83. The predicted octanol–water partition coefficient (Wildman–Crippen LogP) is 1.82. The van der Waals surface area contributed by atoms with E-state index >= 15 is 0 Å². The maximum Gasteiger partial charge on any atom is 0.341 e. The smallest absolute Gasteiger partial charge is 0.341 e. The lowest BCUT2D eigenvalue weighted by molar-refractivity contribution is 0.0595. The van der Waals surface area contributed by atoms with Crippen molar-refractivity contribution >= 4 is 5.97 Å². The van der Waals surface area contributed by atoms with Crippen LogP contribution in [0.3, 0.4) is 0 Å². The topological polar surface area (TPSA) is 35.5 Å². The number of hydrogen-bond acceptors (Lipinski definition) is 3. The molecule has 3 nitrogen and oxygen atoms in total. The molecule has 0 aromatic heterocycles. The van der Waals surface area contributed by atoms with Gasteiger partial charge in [-0.2, -0.15) is 0 Å². The number of hydrogen-bond donors (Lipinski definition) is 0. The summed E-state index contributed by atoms with van der Waals surface area (Å²) in [5, 5.41) is 0. The lowest BCUT2D eigenvalue weighted by Gasteiger charge is -2.07. The molecule has 76 valence electrons. The Kier molecular flexibility index (Phi) is 3.91. The highest BCUT2D eigenvalue weighted by atomic mass is 19.1. The van der Waals surface area contributed by atoms with E-state index in [4.69, 9.17) is 4.74 Å². The van der Waals surface area contributed by atoms with E-state index in [-0.39, 0.29) is 6.61 Å². The van der Waals surface area contributed by atoms with Gasteiger partial charge in [-0.1, -0.05) is 12.1 Å². The molecule has 0 aliphatic carbocycles. The Morgan fingerprint density at radius 2 is 2.14 bits per heavy atom. The first kappa shape index (κ1) is 10.5. The lowest BCUT2D eigenvalue weighted by atomic mass is 10.2. The van der Waals surface area contributed by atoms with Crippen LogP contribution >= 0.6 is 0 Å². The van der Waals surface area contributed by atoms with Crippen LogP contribution in [0.2, 0.25) is 0 Å². The van der Waals surface area contributed by atoms with Gasteiger partial charge in [-0.05, 0) is 12.1 Å². The number of rotatable bonds is 4. The van der Waals surface area contributed by atoms with Crippen LogP contribution in [0.15, 0.2) is 24.3 Å². The minimum Gasteiger partial charge on any atom is -0.490 e. The number of carbonyl (C=O) groups is 1. The Hall–Kier alpha value is -1.58. The third kappa shape index (κ3) is 2.45. The Labute approximate surface area is 81.4 Å². The Bertz CT molecular complexity index is 312. The fraction of sp³-hybridized carbons (Fsp3) is 0.300. The summed E-state index contributed by atoms with van der Waals surface area (Å²) in [5.41, 5.74) is 0.309. The molecular formula is C10H11FO3. The van der Waals surface area contributed by atoms with E-state index in [1.807, 2.05) is 0 Å². The highest BCUT2D eigenvalue weighted by Gasteiger charge is 2.11. The number of alkyl halides is 1. The lowest BCUT2D eigenvalue weighted by Crippen LogP contribution is -2.07. The standard InChI is InChI=1S/C10H11FO3/c1-13-10(12)8-4-2-3-5-9(8)14-7-6-11/h2-5H,6-7H2,1H3. The molecule has 0 amide bonds. The molecule has 4 heteroatoms.